The van der Waals surface area contributed by atoms with Gasteiger partial charge in [-0.2, -0.15) is 0 Å². The molecule has 1 aromatic rings. The first-order chi connectivity index (χ1) is 6.91. The van der Waals surface area contributed by atoms with E-state index in [1.165, 1.54) is 19.1 Å². The van der Waals surface area contributed by atoms with Crippen LogP contribution in [0, 0.1) is 0 Å². The van der Waals surface area contributed by atoms with Gasteiger partial charge < -0.3 is 4.55 Å². The number of hydrogen-bond acceptors (Lipinski definition) is 4. The van der Waals surface area contributed by atoms with Gasteiger partial charge in [-0.15, -0.1) is 0 Å². The Hall–Kier alpha value is -0.460. The van der Waals surface area contributed by atoms with Crippen molar-refractivity contribution in [2.75, 3.05) is 0 Å². The van der Waals surface area contributed by atoms with Gasteiger partial charge in [0.2, 0.25) is 0 Å². The molecule has 0 amide bonds. The summed E-state index contributed by atoms with van der Waals surface area (Å²) in [6.07, 6.45) is 0.831. The molecule has 0 saturated carbocycles. The van der Waals surface area contributed by atoms with Gasteiger partial charge in [-0.3, -0.25) is 4.79 Å². The molecular weight excluding hydrogens is 239 g/mol. The van der Waals surface area contributed by atoms with Crippen LogP contribution in [-0.4, -0.2) is 18.8 Å². The van der Waals surface area contributed by atoms with E-state index in [1.54, 1.807) is 18.2 Å². The van der Waals surface area contributed by atoms with Gasteiger partial charge in [0.1, 0.15) is 10.1 Å². The monoisotopic (exact) mass is 248 g/mol. The molecule has 0 aromatic heterocycles. The number of benzene rings is 1. The van der Waals surface area contributed by atoms with E-state index in [2.05, 4.69) is 0 Å². The summed E-state index contributed by atoms with van der Waals surface area (Å²) in [5.41, 5.74) is 0.225. The largest absolute Gasteiger partial charge is 1.00 e. The van der Waals surface area contributed by atoms with Crippen LogP contribution in [0.25, 0.3) is 4.91 Å². The molecule has 0 aliphatic carbocycles. The fourth-order valence-electron chi connectivity index (χ4n) is 1.09. The molecule has 0 bridgehead atoms. The Morgan fingerprint density at radius 1 is 1.25 bits per heavy atom. The normalized spacial score (nSPS) is 11.8. The maximum atomic E-state index is 10.9. The SMILES string of the molecule is CC(=O)C=C(c1ccccc1)S(=O)(=O)[O-].[Na+]. The molecule has 0 aliphatic heterocycles. The Labute approximate surface area is 116 Å². The summed E-state index contributed by atoms with van der Waals surface area (Å²) < 4.78 is 32.7. The average molecular weight is 248 g/mol. The van der Waals surface area contributed by atoms with Crippen LogP contribution in [0.15, 0.2) is 36.4 Å². The molecule has 1 aromatic carbocycles. The van der Waals surface area contributed by atoms with Gasteiger partial charge in [-0.1, -0.05) is 30.3 Å². The summed E-state index contributed by atoms with van der Waals surface area (Å²) in [6, 6.07) is 7.80. The van der Waals surface area contributed by atoms with E-state index in [9.17, 15) is 17.8 Å². The van der Waals surface area contributed by atoms with E-state index in [4.69, 9.17) is 0 Å². The van der Waals surface area contributed by atoms with E-state index in [0.717, 1.165) is 6.08 Å². The quantitative estimate of drug-likeness (QED) is 0.358. The Morgan fingerprint density at radius 3 is 2.12 bits per heavy atom. The zero-order valence-electron chi connectivity index (χ0n) is 9.01. The van der Waals surface area contributed by atoms with E-state index >= 15 is 0 Å². The number of carbonyl (C=O) groups excluding carboxylic acids is 1. The van der Waals surface area contributed by atoms with Gasteiger partial charge >= 0.3 is 29.6 Å². The molecule has 0 atom stereocenters. The molecule has 0 saturated heterocycles. The molecule has 16 heavy (non-hydrogen) atoms. The predicted molar refractivity (Wildman–Crippen MR) is 54.8 cm³/mol. The van der Waals surface area contributed by atoms with Crippen molar-refractivity contribution in [2.24, 2.45) is 0 Å². The third-order valence-electron chi connectivity index (χ3n) is 1.66. The Bertz CT molecular complexity index is 491. The maximum absolute atomic E-state index is 10.9. The summed E-state index contributed by atoms with van der Waals surface area (Å²) in [5, 5.41) is 0. The van der Waals surface area contributed by atoms with Gasteiger partial charge in [-0.05, 0) is 18.6 Å². The molecule has 4 nitrogen and oxygen atoms in total. The second-order valence-electron chi connectivity index (χ2n) is 2.94. The second kappa shape index (κ2) is 6.32. The van der Waals surface area contributed by atoms with Crippen LogP contribution in [0.5, 0.6) is 0 Å². The number of ketones is 1. The van der Waals surface area contributed by atoms with Crippen LogP contribution in [0.1, 0.15) is 12.5 Å². The number of carbonyl (C=O) groups is 1. The molecule has 0 heterocycles. The smallest absolute Gasteiger partial charge is 0.744 e. The maximum Gasteiger partial charge on any atom is 1.00 e. The fraction of sp³-hybridized carbons (Fsp3) is 0.100. The Morgan fingerprint density at radius 2 is 1.75 bits per heavy atom. The minimum Gasteiger partial charge on any atom is -0.744 e. The van der Waals surface area contributed by atoms with Crippen molar-refractivity contribution in [2.45, 2.75) is 6.92 Å². The van der Waals surface area contributed by atoms with Crippen molar-refractivity contribution in [3.05, 3.63) is 42.0 Å². The molecule has 0 radical (unpaired) electrons. The third-order valence-corrected chi connectivity index (χ3v) is 2.55. The Kier molecular flexibility index (Phi) is 6.14. The van der Waals surface area contributed by atoms with E-state index in [1.807, 2.05) is 0 Å². The summed E-state index contributed by atoms with van der Waals surface area (Å²) >= 11 is 0. The van der Waals surface area contributed by atoms with Crippen LogP contribution in [0.2, 0.25) is 0 Å². The van der Waals surface area contributed by atoms with Crippen molar-refractivity contribution in [1.29, 1.82) is 0 Å². The molecule has 0 spiro atoms. The first-order valence-electron chi connectivity index (χ1n) is 4.15. The summed E-state index contributed by atoms with van der Waals surface area (Å²) in [4.78, 5) is 10.3. The fourth-order valence-corrected chi connectivity index (χ4v) is 1.82. The van der Waals surface area contributed by atoms with Crippen LogP contribution >= 0.6 is 0 Å². The van der Waals surface area contributed by atoms with Crippen molar-refractivity contribution < 1.29 is 47.3 Å². The number of allylic oxidation sites excluding steroid dienone is 1. The van der Waals surface area contributed by atoms with Gasteiger partial charge in [-0.25, -0.2) is 8.42 Å². The second-order valence-corrected chi connectivity index (χ2v) is 4.29. The average Bonchev–Trinajstić information content (AvgIpc) is 2.14. The zero-order chi connectivity index (χ0) is 11.5. The predicted octanol–water partition coefficient (Wildman–Crippen LogP) is -1.83. The first-order valence-corrected chi connectivity index (χ1v) is 5.55. The van der Waals surface area contributed by atoms with Crippen LogP contribution < -0.4 is 29.6 Å². The van der Waals surface area contributed by atoms with Gasteiger partial charge in [0.25, 0.3) is 0 Å². The van der Waals surface area contributed by atoms with Crippen molar-refractivity contribution in [3.8, 4) is 0 Å². The molecule has 0 fully saturated rings. The molecule has 80 valence electrons. The molecular formula is C10H9NaO4S. The minimum absolute atomic E-state index is 0. The van der Waals surface area contributed by atoms with E-state index < -0.39 is 20.8 Å². The number of rotatable bonds is 3. The minimum atomic E-state index is -4.62. The number of hydrogen-bond donors (Lipinski definition) is 0. The molecule has 6 heteroatoms. The Balaban J connectivity index is 0.00000225. The van der Waals surface area contributed by atoms with Crippen molar-refractivity contribution in [3.63, 3.8) is 0 Å². The molecule has 0 unspecified atom stereocenters. The van der Waals surface area contributed by atoms with Gasteiger partial charge in [0.15, 0.2) is 5.78 Å². The van der Waals surface area contributed by atoms with Crippen molar-refractivity contribution in [1.82, 2.24) is 0 Å². The molecule has 1 rings (SSSR count). The summed E-state index contributed by atoms with van der Waals surface area (Å²) in [5.74, 6) is -0.478. The van der Waals surface area contributed by atoms with Crippen LogP contribution in [-0.2, 0) is 14.9 Å². The van der Waals surface area contributed by atoms with Crippen LogP contribution in [0.3, 0.4) is 0 Å². The van der Waals surface area contributed by atoms with Crippen LogP contribution in [0.4, 0.5) is 0 Å². The first kappa shape index (κ1) is 15.5. The summed E-state index contributed by atoms with van der Waals surface area (Å²) in [7, 11) is -4.62. The van der Waals surface area contributed by atoms with E-state index in [0.29, 0.717) is 0 Å². The standard InChI is InChI=1S/C10H10O4S.Na/c1-8(11)7-10(15(12,13)14)9-5-3-2-4-6-9;/h2-7H,1H3,(H,12,13,14);/q;+1/p-1. The third kappa shape index (κ3) is 4.59. The van der Waals surface area contributed by atoms with Crippen molar-refractivity contribution >= 4 is 20.8 Å². The van der Waals surface area contributed by atoms with Gasteiger partial charge in [0, 0.05) is 0 Å². The van der Waals surface area contributed by atoms with Gasteiger partial charge in [0.05, 0.1) is 4.91 Å². The molecule has 0 aliphatic rings. The zero-order valence-corrected chi connectivity index (χ0v) is 11.8. The topological polar surface area (TPSA) is 74.3 Å². The molecule has 0 N–H and O–H groups in total. The van der Waals surface area contributed by atoms with E-state index in [-0.39, 0.29) is 35.1 Å². The summed E-state index contributed by atoms with van der Waals surface area (Å²) in [6.45, 7) is 1.19.